The minimum absolute atomic E-state index is 0.0431. The summed E-state index contributed by atoms with van der Waals surface area (Å²) >= 11 is 0. The van der Waals surface area contributed by atoms with Crippen LogP contribution in [0.25, 0.3) is 0 Å². The summed E-state index contributed by atoms with van der Waals surface area (Å²) in [5.74, 6) is -0.0573. The topological polar surface area (TPSA) is 55.4 Å². The molecule has 1 aromatic carbocycles. The molecule has 2 rings (SSSR count). The Morgan fingerprint density at radius 2 is 2.00 bits per heavy atom. The van der Waals surface area contributed by atoms with Crippen LogP contribution in [0.5, 0.6) is 0 Å². The molecular formula is C16H21NO3. The van der Waals surface area contributed by atoms with E-state index in [1.165, 1.54) is 17.5 Å². The van der Waals surface area contributed by atoms with Crippen LogP contribution in [-0.4, -0.2) is 32.0 Å². The molecule has 0 spiro atoms. The molecule has 4 heteroatoms. The van der Waals surface area contributed by atoms with Gasteiger partial charge in [0.1, 0.15) is 0 Å². The summed E-state index contributed by atoms with van der Waals surface area (Å²) in [4.78, 5) is 23.6. The maximum atomic E-state index is 12.1. The van der Waals surface area contributed by atoms with Gasteiger partial charge in [0.15, 0.2) is 5.78 Å². The second kappa shape index (κ2) is 7.20. The number of ether oxygens (including phenoxy) is 1. The molecule has 0 bridgehead atoms. The summed E-state index contributed by atoms with van der Waals surface area (Å²) < 4.78 is 4.85. The number of carbonyl (C=O) groups is 2. The third-order valence-corrected chi connectivity index (χ3v) is 3.63. The Hall–Kier alpha value is -1.68. The van der Waals surface area contributed by atoms with Crippen LogP contribution < -0.4 is 5.32 Å². The third kappa shape index (κ3) is 3.90. The molecule has 1 N–H and O–H groups in total. The number of fused-ring (bicyclic) bond motifs is 1. The number of benzene rings is 1. The number of ketones is 1. The smallest absolute Gasteiger partial charge is 0.220 e. The molecule has 0 unspecified atom stereocenters. The number of Topliss-reactive ketones (excluding diaryl/α,β-unsaturated/α-hetero) is 1. The van der Waals surface area contributed by atoms with Gasteiger partial charge in [0, 0.05) is 32.1 Å². The summed E-state index contributed by atoms with van der Waals surface area (Å²) in [6.07, 6.45) is 3.85. The maximum absolute atomic E-state index is 12.1. The molecule has 0 fully saturated rings. The van der Waals surface area contributed by atoms with Gasteiger partial charge < -0.3 is 10.1 Å². The lowest BCUT2D eigenvalue weighted by molar-refractivity contribution is -0.121. The predicted octanol–water partition coefficient (Wildman–Crippen LogP) is 1.90. The highest BCUT2D eigenvalue weighted by molar-refractivity contribution is 5.98. The largest absolute Gasteiger partial charge is 0.383 e. The van der Waals surface area contributed by atoms with Crippen molar-refractivity contribution in [2.75, 3.05) is 20.3 Å². The Bertz CT molecular complexity index is 496. The number of hydrogen-bond acceptors (Lipinski definition) is 3. The molecule has 0 radical (unpaired) electrons. The van der Waals surface area contributed by atoms with E-state index in [0.29, 0.717) is 13.2 Å². The van der Waals surface area contributed by atoms with Crippen LogP contribution in [0.15, 0.2) is 18.2 Å². The van der Waals surface area contributed by atoms with E-state index in [-0.39, 0.29) is 24.5 Å². The highest BCUT2D eigenvalue weighted by Gasteiger charge is 2.14. The molecular weight excluding hydrogens is 254 g/mol. The third-order valence-electron chi connectivity index (χ3n) is 3.63. The minimum Gasteiger partial charge on any atom is -0.383 e. The number of amides is 1. The van der Waals surface area contributed by atoms with Gasteiger partial charge in [-0.05, 0) is 36.5 Å². The first-order chi connectivity index (χ1) is 9.70. The first-order valence-electron chi connectivity index (χ1n) is 7.11. The highest BCUT2D eigenvalue weighted by atomic mass is 16.5. The molecule has 1 amide bonds. The van der Waals surface area contributed by atoms with E-state index in [2.05, 4.69) is 5.32 Å². The van der Waals surface area contributed by atoms with Crippen molar-refractivity contribution < 1.29 is 14.3 Å². The number of aryl methyl sites for hydroxylation is 2. The summed E-state index contributed by atoms with van der Waals surface area (Å²) in [6.45, 7) is 0.979. The van der Waals surface area contributed by atoms with Gasteiger partial charge in [-0.15, -0.1) is 0 Å². The van der Waals surface area contributed by atoms with Gasteiger partial charge in [0.05, 0.1) is 6.61 Å². The lowest BCUT2D eigenvalue weighted by Crippen LogP contribution is -2.27. The van der Waals surface area contributed by atoms with Crippen LogP contribution in [-0.2, 0) is 22.4 Å². The first kappa shape index (κ1) is 14.7. The molecule has 0 heterocycles. The second-order valence-corrected chi connectivity index (χ2v) is 5.10. The van der Waals surface area contributed by atoms with Gasteiger partial charge in [-0.3, -0.25) is 9.59 Å². The average Bonchev–Trinajstić information content (AvgIpc) is 2.92. The number of rotatable bonds is 7. The fourth-order valence-corrected chi connectivity index (χ4v) is 2.50. The van der Waals surface area contributed by atoms with Crippen molar-refractivity contribution in [3.63, 3.8) is 0 Å². The number of nitrogens with one attached hydrogen (secondary N) is 1. The van der Waals surface area contributed by atoms with Gasteiger partial charge in [-0.2, -0.15) is 0 Å². The number of hydrogen-bond donors (Lipinski definition) is 1. The van der Waals surface area contributed by atoms with Crippen LogP contribution in [0.1, 0.15) is 40.7 Å². The van der Waals surface area contributed by atoms with Gasteiger partial charge in [-0.25, -0.2) is 0 Å². The standard InChI is InChI=1S/C16H21NO3/c1-20-10-9-17-16(19)8-7-15(18)14-6-5-12-3-2-4-13(12)11-14/h5-6,11H,2-4,7-10H2,1H3,(H,17,19). The molecule has 1 aliphatic rings. The molecule has 0 aliphatic heterocycles. The zero-order chi connectivity index (χ0) is 14.4. The normalized spacial score (nSPS) is 13.1. The molecule has 0 aromatic heterocycles. The Kier molecular flexibility index (Phi) is 5.30. The average molecular weight is 275 g/mol. The molecule has 108 valence electrons. The zero-order valence-electron chi connectivity index (χ0n) is 11.9. The molecule has 0 saturated carbocycles. The van der Waals surface area contributed by atoms with Crippen LogP contribution in [0, 0.1) is 0 Å². The van der Waals surface area contributed by atoms with Crippen molar-refractivity contribution in [3.05, 3.63) is 34.9 Å². The summed E-state index contributed by atoms with van der Waals surface area (Å²) in [7, 11) is 1.59. The van der Waals surface area contributed by atoms with Crippen LogP contribution in [0.4, 0.5) is 0 Å². The molecule has 20 heavy (non-hydrogen) atoms. The van der Waals surface area contributed by atoms with Crippen LogP contribution in [0.3, 0.4) is 0 Å². The summed E-state index contributed by atoms with van der Waals surface area (Å²) in [5.41, 5.74) is 3.38. The van der Waals surface area contributed by atoms with E-state index in [9.17, 15) is 9.59 Å². The Balaban J connectivity index is 1.81. The molecule has 4 nitrogen and oxygen atoms in total. The molecule has 1 aliphatic carbocycles. The lowest BCUT2D eigenvalue weighted by atomic mass is 10.0. The van der Waals surface area contributed by atoms with Crippen molar-refractivity contribution in [3.8, 4) is 0 Å². The first-order valence-corrected chi connectivity index (χ1v) is 7.11. The second-order valence-electron chi connectivity index (χ2n) is 5.10. The van der Waals surface area contributed by atoms with Crippen molar-refractivity contribution in [1.82, 2.24) is 5.32 Å². The Morgan fingerprint density at radius 3 is 2.80 bits per heavy atom. The fraction of sp³-hybridized carbons (Fsp3) is 0.500. The van der Waals surface area contributed by atoms with Gasteiger partial charge in [0.2, 0.25) is 5.91 Å². The molecule has 0 atom stereocenters. The van der Waals surface area contributed by atoms with Crippen molar-refractivity contribution in [2.45, 2.75) is 32.1 Å². The van der Waals surface area contributed by atoms with Crippen molar-refractivity contribution in [1.29, 1.82) is 0 Å². The lowest BCUT2D eigenvalue weighted by Gasteiger charge is -2.06. The summed E-state index contributed by atoms with van der Waals surface area (Å²) in [6, 6.07) is 5.93. The van der Waals surface area contributed by atoms with E-state index in [1.54, 1.807) is 7.11 Å². The van der Waals surface area contributed by atoms with Crippen LogP contribution >= 0.6 is 0 Å². The maximum Gasteiger partial charge on any atom is 0.220 e. The SMILES string of the molecule is COCCNC(=O)CCC(=O)c1ccc2c(c1)CCC2. The van der Waals surface area contributed by atoms with Gasteiger partial charge >= 0.3 is 0 Å². The highest BCUT2D eigenvalue weighted by Crippen LogP contribution is 2.23. The predicted molar refractivity (Wildman–Crippen MR) is 76.9 cm³/mol. The quantitative estimate of drug-likeness (QED) is 0.611. The van der Waals surface area contributed by atoms with E-state index in [4.69, 9.17) is 4.74 Å². The van der Waals surface area contributed by atoms with E-state index in [0.717, 1.165) is 18.4 Å². The van der Waals surface area contributed by atoms with Crippen molar-refractivity contribution in [2.24, 2.45) is 0 Å². The Labute approximate surface area is 119 Å². The zero-order valence-corrected chi connectivity index (χ0v) is 11.9. The molecule has 1 aromatic rings. The number of methoxy groups -OCH3 is 1. The van der Waals surface area contributed by atoms with E-state index in [1.807, 2.05) is 18.2 Å². The van der Waals surface area contributed by atoms with Gasteiger partial charge in [0.25, 0.3) is 0 Å². The monoisotopic (exact) mass is 275 g/mol. The summed E-state index contributed by atoms with van der Waals surface area (Å²) in [5, 5.41) is 2.72. The van der Waals surface area contributed by atoms with E-state index < -0.39 is 0 Å². The van der Waals surface area contributed by atoms with Crippen LogP contribution in [0.2, 0.25) is 0 Å². The number of carbonyl (C=O) groups excluding carboxylic acids is 2. The Morgan fingerprint density at radius 1 is 1.20 bits per heavy atom. The van der Waals surface area contributed by atoms with E-state index >= 15 is 0 Å². The molecule has 0 saturated heterocycles. The van der Waals surface area contributed by atoms with Gasteiger partial charge in [-0.1, -0.05) is 12.1 Å². The minimum atomic E-state index is -0.100. The fourth-order valence-electron chi connectivity index (χ4n) is 2.50. The van der Waals surface area contributed by atoms with Crippen molar-refractivity contribution >= 4 is 11.7 Å².